The zero-order valence-electron chi connectivity index (χ0n) is 13.7. The summed E-state index contributed by atoms with van der Waals surface area (Å²) in [5.41, 5.74) is 0.615. The van der Waals surface area contributed by atoms with E-state index in [1.54, 1.807) is 30.3 Å². The van der Waals surface area contributed by atoms with Gasteiger partial charge in [0, 0.05) is 0 Å². The molecule has 0 aliphatic rings. The van der Waals surface area contributed by atoms with Crippen molar-refractivity contribution in [3.05, 3.63) is 35.9 Å². The summed E-state index contributed by atoms with van der Waals surface area (Å²) in [5.74, 6) is -3.34. The molecule has 0 fully saturated rings. The summed E-state index contributed by atoms with van der Waals surface area (Å²) in [6.45, 7) is 6.02. The molecule has 0 aliphatic heterocycles. The number of rotatable bonds is 6. The fourth-order valence-corrected chi connectivity index (χ4v) is 2.77. The molecule has 0 bridgehead atoms. The number of carboxylic acid groups (broad SMARTS) is 1. The molecule has 1 aromatic rings. The fraction of sp³-hybridized carbons (Fsp3) is 0.500. The predicted octanol–water partition coefficient (Wildman–Crippen LogP) is 1.78. The van der Waals surface area contributed by atoms with Crippen LogP contribution >= 0.6 is 0 Å². The van der Waals surface area contributed by atoms with E-state index in [1.807, 2.05) is 0 Å². The maximum atomic E-state index is 12.1. The lowest BCUT2D eigenvalue weighted by molar-refractivity contribution is -0.142. The van der Waals surface area contributed by atoms with Gasteiger partial charge in [0.25, 0.3) is 0 Å². The highest BCUT2D eigenvalue weighted by Gasteiger charge is 2.33. The minimum Gasteiger partial charge on any atom is -0.481 e. The number of sulfone groups is 1. The van der Waals surface area contributed by atoms with E-state index in [2.05, 4.69) is 5.32 Å². The van der Waals surface area contributed by atoms with Crippen LogP contribution in [-0.2, 0) is 19.4 Å². The zero-order valence-corrected chi connectivity index (χ0v) is 14.6. The monoisotopic (exact) mass is 341 g/mol. The molecule has 0 saturated carbocycles. The van der Waals surface area contributed by atoms with Crippen molar-refractivity contribution < 1.29 is 23.1 Å². The number of carbonyl (C=O) groups is 2. The summed E-state index contributed by atoms with van der Waals surface area (Å²) in [6, 6.07) is 7.84. The number of amides is 1. The molecule has 1 amide bonds. The van der Waals surface area contributed by atoms with Gasteiger partial charge in [0.2, 0.25) is 5.91 Å². The third-order valence-electron chi connectivity index (χ3n) is 3.62. The van der Waals surface area contributed by atoms with Crippen LogP contribution in [0.15, 0.2) is 30.3 Å². The lowest BCUT2D eigenvalue weighted by Crippen LogP contribution is -2.42. The van der Waals surface area contributed by atoms with Gasteiger partial charge in [-0.05, 0) is 33.3 Å². The van der Waals surface area contributed by atoms with E-state index in [9.17, 15) is 23.1 Å². The van der Waals surface area contributed by atoms with Crippen molar-refractivity contribution in [3.63, 3.8) is 0 Å². The van der Waals surface area contributed by atoms with Gasteiger partial charge in [0.1, 0.15) is 5.75 Å². The molecule has 7 heteroatoms. The molecule has 1 aromatic carbocycles. The molecule has 2 unspecified atom stereocenters. The third-order valence-corrected chi connectivity index (χ3v) is 6.13. The van der Waals surface area contributed by atoms with E-state index in [0.29, 0.717) is 5.56 Å². The molecule has 1 rings (SSSR count). The van der Waals surface area contributed by atoms with E-state index in [-0.39, 0.29) is 0 Å². The highest BCUT2D eigenvalue weighted by atomic mass is 32.2. The first-order valence-electron chi connectivity index (χ1n) is 7.25. The van der Waals surface area contributed by atoms with Crippen LogP contribution in [0, 0.1) is 5.92 Å². The quantitative estimate of drug-likeness (QED) is 0.821. The van der Waals surface area contributed by atoms with Crippen molar-refractivity contribution >= 4 is 21.7 Å². The Morgan fingerprint density at radius 3 is 2.13 bits per heavy atom. The summed E-state index contributed by atoms with van der Waals surface area (Å²) < 4.78 is 23.2. The molecule has 23 heavy (non-hydrogen) atoms. The molecule has 0 aromatic heterocycles. The lowest BCUT2D eigenvalue weighted by Gasteiger charge is -2.24. The van der Waals surface area contributed by atoms with E-state index in [1.165, 1.54) is 27.7 Å². The zero-order chi connectivity index (χ0) is 17.8. The van der Waals surface area contributed by atoms with Crippen LogP contribution in [0.3, 0.4) is 0 Å². The molecular weight excluding hydrogens is 318 g/mol. The van der Waals surface area contributed by atoms with Crippen LogP contribution < -0.4 is 5.32 Å². The molecule has 0 spiro atoms. The van der Waals surface area contributed by atoms with Gasteiger partial charge in [-0.15, -0.1) is 0 Å². The van der Waals surface area contributed by atoms with Crippen molar-refractivity contribution in [2.45, 2.75) is 38.5 Å². The SMILES string of the molecule is CC(C(=O)O)C(NC(=O)CS(=O)(=O)C(C)(C)C)c1ccccc1. The van der Waals surface area contributed by atoms with Gasteiger partial charge >= 0.3 is 5.97 Å². The van der Waals surface area contributed by atoms with Gasteiger partial charge in [-0.2, -0.15) is 0 Å². The van der Waals surface area contributed by atoms with Crippen molar-refractivity contribution in [3.8, 4) is 0 Å². The van der Waals surface area contributed by atoms with Crippen LogP contribution in [0.4, 0.5) is 0 Å². The maximum Gasteiger partial charge on any atom is 0.308 e. The van der Waals surface area contributed by atoms with Crippen molar-refractivity contribution in [2.75, 3.05) is 5.75 Å². The van der Waals surface area contributed by atoms with Crippen LogP contribution in [0.25, 0.3) is 0 Å². The second kappa shape index (κ2) is 7.12. The molecule has 0 radical (unpaired) electrons. The maximum absolute atomic E-state index is 12.1. The smallest absolute Gasteiger partial charge is 0.308 e. The molecule has 0 saturated heterocycles. The Labute approximate surface area is 136 Å². The topological polar surface area (TPSA) is 101 Å². The van der Waals surface area contributed by atoms with E-state index in [0.717, 1.165) is 0 Å². The van der Waals surface area contributed by atoms with Crippen LogP contribution in [-0.4, -0.2) is 35.9 Å². The first kappa shape index (κ1) is 19.2. The van der Waals surface area contributed by atoms with Gasteiger partial charge in [-0.3, -0.25) is 9.59 Å². The van der Waals surface area contributed by atoms with Crippen LogP contribution in [0.5, 0.6) is 0 Å². The first-order chi connectivity index (χ1) is 10.5. The second-order valence-corrected chi connectivity index (χ2v) is 9.20. The van der Waals surface area contributed by atoms with Crippen molar-refractivity contribution in [2.24, 2.45) is 5.92 Å². The molecule has 0 heterocycles. The minimum atomic E-state index is -3.63. The number of nitrogens with one attached hydrogen (secondary N) is 1. The van der Waals surface area contributed by atoms with Gasteiger partial charge < -0.3 is 10.4 Å². The number of hydrogen-bond acceptors (Lipinski definition) is 4. The number of carboxylic acids is 1. The molecule has 6 nitrogen and oxygen atoms in total. The molecule has 2 N–H and O–H groups in total. The Bertz CT molecular complexity index is 661. The average Bonchev–Trinajstić information content (AvgIpc) is 2.43. The normalized spacial score (nSPS) is 14.8. The Morgan fingerprint density at radius 2 is 1.70 bits per heavy atom. The predicted molar refractivity (Wildman–Crippen MR) is 87.7 cm³/mol. The van der Waals surface area contributed by atoms with E-state index in [4.69, 9.17) is 0 Å². The molecule has 128 valence electrons. The van der Waals surface area contributed by atoms with Gasteiger partial charge in [0.15, 0.2) is 9.84 Å². The van der Waals surface area contributed by atoms with Crippen LogP contribution in [0.2, 0.25) is 0 Å². The summed E-state index contributed by atoms with van der Waals surface area (Å²) in [5, 5.41) is 11.8. The fourth-order valence-electron chi connectivity index (χ4n) is 1.90. The highest BCUT2D eigenvalue weighted by Crippen LogP contribution is 2.23. The van der Waals surface area contributed by atoms with E-state index < -0.39 is 44.2 Å². The van der Waals surface area contributed by atoms with Gasteiger partial charge in [-0.25, -0.2) is 8.42 Å². The highest BCUT2D eigenvalue weighted by molar-refractivity contribution is 7.93. The number of carbonyl (C=O) groups excluding carboxylic acids is 1. The molecule has 0 aliphatic carbocycles. The van der Waals surface area contributed by atoms with Gasteiger partial charge in [-0.1, -0.05) is 30.3 Å². The van der Waals surface area contributed by atoms with E-state index >= 15 is 0 Å². The standard InChI is InChI=1S/C16H23NO5S/c1-11(15(19)20)14(12-8-6-5-7-9-12)17-13(18)10-23(21,22)16(2,3)4/h5-9,11,14H,10H2,1-4H3,(H,17,18)(H,19,20). The first-order valence-corrected chi connectivity index (χ1v) is 8.90. The Morgan fingerprint density at radius 1 is 1.17 bits per heavy atom. The third kappa shape index (κ3) is 5.06. The average molecular weight is 341 g/mol. The Kier molecular flexibility index (Phi) is 5.93. The second-order valence-electron chi connectivity index (χ2n) is 6.45. The molecule has 2 atom stereocenters. The summed E-state index contributed by atoms with van der Waals surface area (Å²) in [7, 11) is -3.63. The Balaban J connectivity index is 2.99. The molecular formula is C16H23NO5S. The summed E-state index contributed by atoms with van der Waals surface area (Å²) >= 11 is 0. The summed E-state index contributed by atoms with van der Waals surface area (Å²) in [4.78, 5) is 23.4. The van der Waals surface area contributed by atoms with Gasteiger partial charge in [0.05, 0.1) is 16.7 Å². The van der Waals surface area contributed by atoms with Crippen LogP contribution in [0.1, 0.15) is 39.3 Å². The lowest BCUT2D eigenvalue weighted by atomic mass is 9.94. The number of aliphatic carboxylic acids is 1. The summed E-state index contributed by atoms with van der Waals surface area (Å²) in [6.07, 6.45) is 0. The largest absolute Gasteiger partial charge is 0.481 e. The Hall–Kier alpha value is -1.89. The van der Waals surface area contributed by atoms with Crippen molar-refractivity contribution in [1.82, 2.24) is 5.32 Å². The number of hydrogen-bond donors (Lipinski definition) is 2. The minimum absolute atomic E-state index is 0.615. The van der Waals surface area contributed by atoms with Crippen molar-refractivity contribution in [1.29, 1.82) is 0 Å². The number of benzene rings is 1.